The van der Waals surface area contributed by atoms with Crippen LogP contribution in [0, 0.1) is 10.8 Å². The SMILES string of the molecule is O=Nc1ccc(S(=O)(=O)NC(=O)C2CCCCC2)cc1. The van der Waals surface area contributed by atoms with E-state index >= 15 is 0 Å². The molecule has 0 bridgehead atoms. The summed E-state index contributed by atoms with van der Waals surface area (Å²) >= 11 is 0. The van der Waals surface area contributed by atoms with Gasteiger partial charge in [-0.1, -0.05) is 19.3 Å². The molecule has 108 valence electrons. The topological polar surface area (TPSA) is 92.7 Å². The lowest BCUT2D eigenvalue weighted by atomic mass is 9.89. The van der Waals surface area contributed by atoms with Gasteiger partial charge in [-0.2, -0.15) is 0 Å². The van der Waals surface area contributed by atoms with Gasteiger partial charge in [0.1, 0.15) is 5.69 Å². The molecule has 1 saturated carbocycles. The van der Waals surface area contributed by atoms with Gasteiger partial charge in [0.15, 0.2) is 0 Å². The van der Waals surface area contributed by atoms with E-state index in [2.05, 4.69) is 9.90 Å². The molecule has 0 saturated heterocycles. The van der Waals surface area contributed by atoms with Crippen molar-refractivity contribution < 1.29 is 13.2 Å². The fraction of sp³-hybridized carbons (Fsp3) is 0.462. The molecule has 0 atom stereocenters. The number of hydrogen-bond acceptors (Lipinski definition) is 5. The third-order valence-corrected chi connectivity index (χ3v) is 4.83. The van der Waals surface area contributed by atoms with Crippen LogP contribution < -0.4 is 4.72 Å². The van der Waals surface area contributed by atoms with Crippen LogP contribution in [0.3, 0.4) is 0 Å². The number of carbonyl (C=O) groups is 1. The molecule has 0 aromatic heterocycles. The molecule has 2 rings (SSSR count). The van der Waals surface area contributed by atoms with Crippen molar-refractivity contribution in [2.75, 3.05) is 0 Å². The van der Waals surface area contributed by atoms with Crippen LogP contribution in [0.25, 0.3) is 0 Å². The predicted molar refractivity (Wildman–Crippen MR) is 73.8 cm³/mol. The number of sulfonamides is 1. The van der Waals surface area contributed by atoms with Crippen molar-refractivity contribution in [3.63, 3.8) is 0 Å². The summed E-state index contributed by atoms with van der Waals surface area (Å²) in [4.78, 5) is 22.2. The second kappa shape index (κ2) is 6.13. The number of amides is 1. The van der Waals surface area contributed by atoms with Gasteiger partial charge in [-0.05, 0) is 42.3 Å². The Balaban J connectivity index is 2.09. The molecule has 6 nitrogen and oxygen atoms in total. The number of rotatable bonds is 4. The minimum Gasteiger partial charge on any atom is -0.274 e. The summed E-state index contributed by atoms with van der Waals surface area (Å²) in [5.74, 6) is -0.670. The summed E-state index contributed by atoms with van der Waals surface area (Å²) in [6.07, 6.45) is 4.47. The maximum Gasteiger partial charge on any atom is 0.264 e. The van der Waals surface area contributed by atoms with Crippen LogP contribution in [0.15, 0.2) is 34.3 Å². The van der Waals surface area contributed by atoms with Gasteiger partial charge in [0.05, 0.1) is 4.90 Å². The van der Waals surface area contributed by atoms with Gasteiger partial charge in [0.2, 0.25) is 5.91 Å². The predicted octanol–water partition coefficient (Wildman–Crippen LogP) is 2.47. The molecule has 0 radical (unpaired) electrons. The van der Waals surface area contributed by atoms with Crippen LogP contribution in [0.2, 0.25) is 0 Å². The Morgan fingerprint density at radius 1 is 1.10 bits per heavy atom. The summed E-state index contributed by atoms with van der Waals surface area (Å²) in [7, 11) is -3.88. The van der Waals surface area contributed by atoms with Crippen molar-refractivity contribution in [3.05, 3.63) is 29.2 Å². The largest absolute Gasteiger partial charge is 0.274 e. The number of carbonyl (C=O) groups excluding carboxylic acids is 1. The summed E-state index contributed by atoms with van der Waals surface area (Å²) in [6.45, 7) is 0. The maximum absolute atomic E-state index is 12.0. The van der Waals surface area contributed by atoms with Gasteiger partial charge in [-0.15, -0.1) is 4.91 Å². The van der Waals surface area contributed by atoms with E-state index in [0.717, 1.165) is 32.1 Å². The molecule has 0 aliphatic heterocycles. The zero-order valence-corrected chi connectivity index (χ0v) is 11.7. The van der Waals surface area contributed by atoms with Crippen LogP contribution in [-0.4, -0.2) is 14.3 Å². The van der Waals surface area contributed by atoms with E-state index < -0.39 is 15.9 Å². The fourth-order valence-corrected chi connectivity index (χ4v) is 3.37. The standard InChI is InChI=1S/C13H16N2O4S/c16-13(10-4-2-1-3-5-10)15-20(18,19)12-8-6-11(14-17)7-9-12/h6-10H,1-5H2,(H,15,16). The first kappa shape index (κ1) is 14.6. The number of nitroso groups, excluding NO2 is 1. The van der Waals surface area contributed by atoms with Crippen molar-refractivity contribution >= 4 is 21.6 Å². The van der Waals surface area contributed by atoms with Crippen molar-refractivity contribution in [2.24, 2.45) is 11.1 Å². The Kier molecular flexibility index (Phi) is 4.49. The van der Waals surface area contributed by atoms with Gasteiger partial charge in [0, 0.05) is 5.92 Å². The third kappa shape index (κ3) is 3.41. The summed E-state index contributed by atoms with van der Waals surface area (Å²) in [6, 6.07) is 5.11. The van der Waals surface area contributed by atoms with Gasteiger partial charge in [-0.3, -0.25) is 4.79 Å². The second-order valence-corrected chi connectivity index (χ2v) is 6.57. The molecule has 1 amide bonds. The molecular formula is C13H16N2O4S. The van der Waals surface area contributed by atoms with Crippen molar-refractivity contribution in [1.29, 1.82) is 0 Å². The van der Waals surface area contributed by atoms with E-state index in [1.807, 2.05) is 0 Å². The minimum absolute atomic E-state index is 0.0472. The monoisotopic (exact) mass is 296 g/mol. The van der Waals surface area contributed by atoms with E-state index in [4.69, 9.17) is 0 Å². The van der Waals surface area contributed by atoms with E-state index in [-0.39, 0.29) is 16.5 Å². The third-order valence-electron chi connectivity index (χ3n) is 3.46. The van der Waals surface area contributed by atoms with Crippen molar-refractivity contribution in [2.45, 2.75) is 37.0 Å². The number of nitrogens with one attached hydrogen (secondary N) is 1. The lowest BCUT2D eigenvalue weighted by Crippen LogP contribution is -2.36. The molecule has 20 heavy (non-hydrogen) atoms. The van der Waals surface area contributed by atoms with Crippen molar-refractivity contribution in [3.8, 4) is 0 Å². The zero-order valence-electron chi connectivity index (χ0n) is 10.9. The van der Waals surface area contributed by atoms with Gasteiger partial charge >= 0.3 is 0 Å². The smallest absolute Gasteiger partial charge is 0.264 e. The fourth-order valence-electron chi connectivity index (χ4n) is 2.33. The quantitative estimate of drug-likeness (QED) is 0.864. The summed E-state index contributed by atoms with van der Waals surface area (Å²) in [5.41, 5.74) is 0.141. The van der Waals surface area contributed by atoms with Crippen LogP contribution in [0.5, 0.6) is 0 Å². The minimum atomic E-state index is -3.88. The van der Waals surface area contributed by atoms with Crippen molar-refractivity contribution in [1.82, 2.24) is 4.72 Å². The first-order valence-electron chi connectivity index (χ1n) is 6.53. The van der Waals surface area contributed by atoms with Crippen LogP contribution in [0.1, 0.15) is 32.1 Å². The average Bonchev–Trinajstić information content (AvgIpc) is 2.48. The molecular weight excluding hydrogens is 280 g/mol. The van der Waals surface area contributed by atoms with E-state index in [9.17, 15) is 18.1 Å². The Morgan fingerprint density at radius 3 is 2.25 bits per heavy atom. The number of benzene rings is 1. The van der Waals surface area contributed by atoms with Gasteiger partial charge in [0.25, 0.3) is 10.0 Å². The highest BCUT2D eigenvalue weighted by Gasteiger charge is 2.25. The Labute approximate surface area is 117 Å². The second-order valence-electron chi connectivity index (χ2n) is 4.89. The van der Waals surface area contributed by atoms with E-state index in [1.165, 1.54) is 24.3 Å². The number of hydrogen-bond donors (Lipinski definition) is 1. The van der Waals surface area contributed by atoms with Crippen LogP contribution >= 0.6 is 0 Å². The molecule has 0 unspecified atom stereocenters. The number of nitrogens with zero attached hydrogens (tertiary/aromatic N) is 1. The molecule has 1 fully saturated rings. The highest BCUT2D eigenvalue weighted by atomic mass is 32.2. The summed E-state index contributed by atoms with van der Waals surface area (Å²) < 4.78 is 26.2. The highest BCUT2D eigenvalue weighted by molar-refractivity contribution is 7.90. The highest BCUT2D eigenvalue weighted by Crippen LogP contribution is 2.24. The van der Waals surface area contributed by atoms with Crippen LogP contribution in [0.4, 0.5) is 5.69 Å². The molecule has 1 aromatic rings. The van der Waals surface area contributed by atoms with E-state index in [0.29, 0.717) is 0 Å². The Bertz CT molecular complexity index is 589. The zero-order chi connectivity index (χ0) is 14.6. The Morgan fingerprint density at radius 2 is 1.70 bits per heavy atom. The summed E-state index contributed by atoms with van der Waals surface area (Å²) in [5, 5.41) is 2.70. The lowest BCUT2D eigenvalue weighted by Gasteiger charge is -2.20. The lowest BCUT2D eigenvalue weighted by molar-refractivity contribution is -0.124. The van der Waals surface area contributed by atoms with Gasteiger partial charge in [-0.25, -0.2) is 13.1 Å². The molecule has 1 aromatic carbocycles. The first-order valence-corrected chi connectivity index (χ1v) is 8.01. The molecule has 1 N–H and O–H groups in total. The molecule has 1 aliphatic rings. The Hall–Kier alpha value is -1.76. The average molecular weight is 296 g/mol. The molecule has 0 heterocycles. The molecule has 0 spiro atoms. The first-order chi connectivity index (χ1) is 9.53. The molecule has 1 aliphatic carbocycles. The maximum atomic E-state index is 12.0. The normalized spacial score (nSPS) is 16.6. The van der Waals surface area contributed by atoms with E-state index in [1.54, 1.807) is 0 Å². The molecule has 7 heteroatoms. The van der Waals surface area contributed by atoms with Crippen LogP contribution in [-0.2, 0) is 14.8 Å². The van der Waals surface area contributed by atoms with Gasteiger partial charge < -0.3 is 0 Å².